The number of rotatable bonds is 36. The van der Waals surface area contributed by atoms with Gasteiger partial charge in [-0.15, -0.1) is 0 Å². The molecule has 3 amide bonds. The SMILES string of the molecule is CC(=O)CCCCCCCCCCCCCCC(=O)NC(CCC(=O)NCCOCCOCC(=O)NCCOCCC(=O)CC(C)=C=O)C(=O)O. The second-order valence-corrected chi connectivity index (χ2v) is 12.8. The quantitative estimate of drug-likeness (QED) is 0.0541. The highest BCUT2D eigenvalue weighted by Crippen LogP contribution is 2.13. The number of Topliss-reactive ketones (excluding diaryl/α,β-unsaturated/α-hetero) is 2. The molecule has 0 heterocycles. The van der Waals surface area contributed by atoms with Gasteiger partial charge in [0.05, 0.1) is 33.0 Å². The summed E-state index contributed by atoms with van der Waals surface area (Å²) in [6.45, 7) is 4.50. The molecule has 0 aromatic heterocycles. The molecule has 0 fully saturated rings. The smallest absolute Gasteiger partial charge is 0.326 e. The van der Waals surface area contributed by atoms with E-state index in [4.69, 9.17) is 14.2 Å². The number of amides is 3. The fourth-order valence-electron chi connectivity index (χ4n) is 4.98. The zero-order chi connectivity index (χ0) is 38.0. The number of ether oxygens (including phenoxy) is 3. The molecule has 292 valence electrons. The first-order valence-electron chi connectivity index (χ1n) is 18.6. The molecular formula is C37H63N3O11. The maximum absolute atomic E-state index is 12.3. The second kappa shape index (κ2) is 33.7. The van der Waals surface area contributed by atoms with Gasteiger partial charge in [0.25, 0.3) is 0 Å². The first-order valence-corrected chi connectivity index (χ1v) is 18.6. The van der Waals surface area contributed by atoms with Crippen LogP contribution in [0.25, 0.3) is 0 Å². The summed E-state index contributed by atoms with van der Waals surface area (Å²) in [6, 6.07) is -1.13. The maximum Gasteiger partial charge on any atom is 0.326 e. The third-order valence-corrected chi connectivity index (χ3v) is 7.88. The molecule has 1 atom stereocenters. The summed E-state index contributed by atoms with van der Waals surface area (Å²) >= 11 is 0. The van der Waals surface area contributed by atoms with Gasteiger partial charge in [-0.3, -0.25) is 19.2 Å². The molecule has 0 saturated heterocycles. The van der Waals surface area contributed by atoms with E-state index in [0.29, 0.717) is 18.4 Å². The molecule has 0 saturated carbocycles. The average Bonchev–Trinajstić information content (AvgIpc) is 3.08. The average molecular weight is 726 g/mol. The number of ketones is 2. The van der Waals surface area contributed by atoms with E-state index in [0.717, 1.165) is 32.1 Å². The summed E-state index contributed by atoms with van der Waals surface area (Å²) in [4.78, 5) is 80.7. The molecule has 0 aliphatic heterocycles. The van der Waals surface area contributed by atoms with E-state index in [9.17, 15) is 38.7 Å². The lowest BCUT2D eigenvalue weighted by atomic mass is 10.0. The highest BCUT2D eigenvalue weighted by Gasteiger charge is 2.20. The van der Waals surface area contributed by atoms with Crippen molar-refractivity contribution in [1.29, 1.82) is 0 Å². The van der Waals surface area contributed by atoms with Gasteiger partial charge >= 0.3 is 5.97 Å². The Balaban J connectivity index is 3.72. The maximum atomic E-state index is 12.3. The Hall–Kier alpha value is -3.45. The summed E-state index contributed by atoms with van der Waals surface area (Å²) in [6.07, 6.45) is 14.3. The van der Waals surface area contributed by atoms with Gasteiger partial charge in [0, 0.05) is 50.8 Å². The lowest BCUT2D eigenvalue weighted by molar-refractivity contribution is -0.142. The Morgan fingerprint density at radius 3 is 1.65 bits per heavy atom. The molecule has 0 aliphatic rings. The van der Waals surface area contributed by atoms with Gasteiger partial charge in [-0.2, -0.15) is 0 Å². The van der Waals surface area contributed by atoms with Crippen LogP contribution < -0.4 is 16.0 Å². The first-order chi connectivity index (χ1) is 24.5. The molecule has 0 spiro atoms. The summed E-state index contributed by atoms with van der Waals surface area (Å²) in [5.41, 5.74) is 0.350. The zero-order valence-electron chi connectivity index (χ0n) is 31.0. The molecule has 0 radical (unpaired) electrons. The monoisotopic (exact) mass is 725 g/mol. The number of nitrogens with one attached hydrogen (secondary N) is 3. The second-order valence-electron chi connectivity index (χ2n) is 12.8. The highest BCUT2D eigenvalue weighted by molar-refractivity contribution is 5.84. The third-order valence-electron chi connectivity index (χ3n) is 7.88. The van der Waals surface area contributed by atoms with Gasteiger partial charge < -0.3 is 40.1 Å². The summed E-state index contributed by atoms with van der Waals surface area (Å²) in [7, 11) is 0. The standard InChI is InChI=1S/C37H63N3O11/c1-30(28-41)27-32(43)19-22-49-23-21-39-36(46)29-51-26-25-50-24-20-38-34(44)18-17-33(37(47)48)40-35(45)16-14-12-10-8-6-4-3-5-7-9-11-13-15-31(2)42/h33H,3-27,29H2,1-2H3,(H,38,44)(H,39,46)(H,40,45)(H,47,48). The fourth-order valence-corrected chi connectivity index (χ4v) is 4.98. The molecule has 14 nitrogen and oxygen atoms in total. The topological polar surface area (TPSA) is 203 Å². The number of carbonyl (C=O) groups excluding carboxylic acids is 6. The number of hydrogen-bond acceptors (Lipinski definition) is 10. The van der Waals surface area contributed by atoms with Crippen LogP contribution in [0.5, 0.6) is 0 Å². The van der Waals surface area contributed by atoms with E-state index in [2.05, 4.69) is 16.0 Å². The molecule has 51 heavy (non-hydrogen) atoms. The van der Waals surface area contributed by atoms with Crippen LogP contribution in [0.2, 0.25) is 0 Å². The van der Waals surface area contributed by atoms with Gasteiger partial charge in [0.15, 0.2) is 0 Å². The molecule has 0 bridgehead atoms. The Morgan fingerprint density at radius 2 is 1.10 bits per heavy atom. The molecule has 4 N–H and O–H groups in total. The number of aliphatic carboxylic acids is 1. The van der Waals surface area contributed by atoms with Crippen molar-refractivity contribution in [1.82, 2.24) is 16.0 Å². The Morgan fingerprint density at radius 1 is 0.588 bits per heavy atom. The minimum absolute atomic E-state index is 0.0199. The van der Waals surface area contributed by atoms with Crippen molar-refractivity contribution in [2.24, 2.45) is 0 Å². The largest absolute Gasteiger partial charge is 0.480 e. The Bertz CT molecular complexity index is 1060. The van der Waals surface area contributed by atoms with Crippen LogP contribution in [0.1, 0.15) is 129 Å². The molecule has 14 heteroatoms. The van der Waals surface area contributed by atoms with E-state index in [1.165, 1.54) is 38.5 Å². The molecule has 0 rings (SSSR count). The van der Waals surface area contributed by atoms with Gasteiger partial charge in [-0.05, 0) is 33.1 Å². The Labute approximate surface area is 303 Å². The number of unbranched alkanes of at least 4 members (excludes halogenated alkanes) is 11. The summed E-state index contributed by atoms with van der Waals surface area (Å²) in [5.74, 6) is -0.343. The van der Waals surface area contributed by atoms with Crippen molar-refractivity contribution >= 4 is 41.2 Å². The van der Waals surface area contributed by atoms with Crippen molar-refractivity contribution in [3.63, 3.8) is 0 Å². The number of carboxylic acid groups (broad SMARTS) is 1. The molecular weight excluding hydrogens is 662 g/mol. The number of hydrogen-bond donors (Lipinski definition) is 4. The number of allylic oxidation sites excluding steroid dienone is 1. The minimum atomic E-state index is -1.18. The van der Waals surface area contributed by atoms with Crippen LogP contribution in [0.15, 0.2) is 5.57 Å². The minimum Gasteiger partial charge on any atom is -0.480 e. The highest BCUT2D eigenvalue weighted by atomic mass is 16.5. The van der Waals surface area contributed by atoms with Crippen molar-refractivity contribution < 1.29 is 52.9 Å². The van der Waals surface area contributed by atoms with E-state index in [1.807, 2.05) is 0 Å². The number of carbonyl (C=O) groups is 6. The van der Waals surface area contributed by atoms with Crippen LogP contribution in [-0.2, 0) is 47.8 Å². The van der Waals surface area contributed by atoms with E-state index >= 15 is 0 Å². The summed E-state index contributed by atoms with van der Waals surface area (Å²) in [5, 5.41) is 17.3. The van der Waals surface area contributed by atoms with Gasteiger partial charge in [0.2, 0.25) is 17.7 Å². The third kappa shape index (κ3) is 33.5. The Kier molecular flexibility index (Phi) is 31.4. The van der Waals surface area contributed by atoms with Gasteiger partial charge in [-0.25, -0.2) is 9.59 Å². The predicted molar refractivity (Wildman–Crippen MR) is 192 cm³/mol. The molecule has 1 unspecified atom stereocenters. The van der Waals surface area contributed by atoms with Crippen molar-refractivity contribution in [3.05, 3.63) is 5.57 Å². The lowest BCUT2D eigenvalue weighted by Gasteiger charge is -2.14. The number of carboxylic acids is 1. The molecule has 0 aromatic rings. The molecule has 0 aromatic carbocycles. The van der Waals surface area contributed by atoms with Crippen LogP contribution in [0, 0.1) is 0 Å². The van der Waals surface area contributed by atoms with E-state index < -0.39 is 12.0 Å². The van der Waals surface area contributed by atoms with Crippen molar-refractivity contribution in [3.8, 4) is 0 Å². The van der Waals surface area contributed by atoms with Crippen LogP contribution in [-0.4, -0.2) is 105 Å². The fraction of sp³-hybridized carbons (Fsp3) is 0.784. The van der Waals surface area contributed by atoms with Crippen molar-refractivity contribution in [2.45, 2.75) is 135 Å². The summed E-state index contributed by atoms with van der Waals surface area (Å²) < 4.78 is 15.9. The van der Waals surface area contributed by atoms with E-state index in [1.54, 1.807) is 19.8 Å². The van der Waals surface area contributed by atoms with Gasteiger partial charge in [0.1, 0.15) is 30.2 Å². The molecule has 0 aliphatic carbocycles. The first kappa shape index (κ1) is 47.5. The van der Waals surface area contributed by atoms with Crippen LogP contribution in [0.3, 0.4) is 0 Å². The van der Waals surface area contributed by atoms with Crippen LogP contribution >= 0.6 is 0 Å². The van der Waals surface area contributed by atoms with Crippen LogP contribution in [0.4, 0.5) is 0 Å². The van der Waals surface area contributed by atoms with Gasteiger partial charge in [-0.1, -0.05) is 64.2 Å². The normalized spacial score (nSPS) is 11.3. The zero-order valence-corrected chi connectivity index (χ0v) is 31.0. The predicted octanol–water partition coefficient (Wildman–Crippen LogP) is 3.80. The van der Waals surface area contributed by atoms with Crippen molar-refractivity contribution in [2.75, 3.05) is 52.7 Å². The lowest BCUT2D eigenvalue weighted by Crippen LogP contribution is -2.41. The van der Waals surface area contributed by atoms with E-state index in [-0.39, 0.29) is 114 Å².